The van der Waals surface area contributed by atoms with E-state index in [1.54, 1.807) is 18.9 Å². The number of rotatable bonds is 5. The van der Waals surface area contributed by atoms with Gasteiger partial charge in [-0.1, -0.05) is 0 Å². The van der Waals surface area contributed by atoms with E-state index in [1.165, 1.54) is 19.3 Å². The van der Waals surface area contributed by atoms with Gasteiger partial charge in [0.1, 0.15) is 28.9 Å². The molecule has 1 aliphatic heterocycles. The van der Waals surface area contributed by atoms with E-state index in [0.29, 0.717) is 11.9 Å². The quantitative estimate of drug-likeness (QED) is 0.371. The van der Waals surface area contributed by atoms with E-state index in [1.807, 2.05) is 54.9 Å². The number of hydrogen-bond acceptors (Lipinski definition) is 8. The first-order chi connectivity index (χ1) is 17.6. The number of aromatic nitrogens is 6. The Bertz CT molecular complexity index is 1610. The lowest BCUT2D eigenvalue weighted by atomic mass is 10.1. The number of ether oxygens (including phenoxy) is 1. The SMILES string of the molecule is Cc1cc(Nc2ncnc3cnc(N4C[C@H]5CC[C@@H]4C5)nc23)ccc1Oc1ccc2c(c1)ncn2C. The summed E-state index contributed by atoms with van der Waals surface area (Å²) in [6, 6.07) is 12.5. The van der Waals surface area contributed by atoms with Crippen LogP contribution in [-0.2, 0) is 7.05 Å². The highest BCUT2D eigenvalue weighted by Gasteiger charge is 2.39. The summed E-state index contributed by atoms with van der Waals surface area (Å²) in [5.74, 6) is 3.76. The molecule has 1 saturated heterocycles. The van der Waals surface area contributed by atoms with E-state index in [4.69, 9.17) is 9.72 Å². The molecule has 0 radical (unpaired) electrons. The largest absolute Gasteiger partial charge is 0.457 e. The van der Waals surface area contributed by atoms with Crippen LogP contribution in [0.15, 0.2) is 55.2 Å². The zero-order valence-corrected chi connectivity index (χ0v) is 20.2. The highest BCUT2D eigenvalue weighted by Crippen LogP contribution is 2.39. The Balaban J connectivity index is 1.15. The number of benzene rings is 2. The third kappa shape index (κ3) is 3.59. The second-order valence-electron chi connectivity index (χ2n) is 9.82. The summed E-state index contributed by atoms with van der Waals surface area (Å²) in [5, 5.41) is 3.43. The smallest absolute Gasteiger partial charge is 0.226 e. The minimum absolute atomic E-state index is 0.557. The Hall–Kier alpha value is -4.27. The molecular formula is C27H26N8O. The second-order valence-corrected chi connectivity index (χ2v) is 9.82. The normalized spacial score (nSPS) is 18.9. The molecule has 2 aromatic carbocycles. The van der Waals surface area contributed by atoms with E-state index in [-0.39, 0.29) is 0 Å². The molecular weight excluding hydrogens is 452 g/mol. The Labute approximate surface area is 208 Å². The summed E-state index contributed by atoms with van der Waals surface area (Å²) >= 11 is 0. The lowest BCUT2D eigenvalue weighted by Crippen LogP contribution is -2.33. The molecule has 1 aliphatic carbocycles. The third-order valence-corrected chi connectivity index (χ3v) is 7.39. The van der Waals surface area contributed by atoms with Crippen molar-refractivity contribution in [2.45, 2.75) is 32.2 Å². The molecule has 2 aliphatic rings. The third-order valence-electron chi connectivity index (χ3n) is 7.39. The van der Waals surface area contributed by atoms with Crippen molar-refractivity contribution in [3.63, 3.8) is 0 Å². The molecule has 0 spiro atoms. The summed E-state index contributed by atoms with van der Waals surface area (Å²) < 4.78 is 8.16. The van der Waals surface area contributed by atoms with Gasteiger partial charge in [-0.05, 0) is 68.0 Å². The van der Waals surface area contributed by atoms with Crippen LogP contribution in [0.4, 0.5) is 17.5 Å². The van der Waals surface area contributed by atoms with Gasteiger partial charge >= 0.3 is 0 Å². The van der Waals surface area contributed by atoms with Crippen molar-refractivity contribution < 1.29 is 4.74 Å². The van der Waals surface area contributed by atoms with Gasteiger partial charge in [0.15, 0.2) is 5.82 Å². The molecule has 2 atom stereocenters. The Morgan fingerprint density at radius 1 is 1.00 bits per heavy atom. The number of fused-ring (bicyclic) bond motifs is 4. The van der Waals surface area contributed by atoms with Gasteiger partial charge in [0, 0.05) is 31.4 Å². The van der Waals surface area contributed by atoms with Crippen molar-refractivity contribution in [1.29, 1.82) is 0 Å². The van der Waals surface area contributed by atoms with Crippen molar-refractivity contribution in [2.24, 2.45) is 13.0 Å². The molecule has 2 bridgehead atoms. The van der Waals surface area contributed by atoms with Gasteiger partial charge in [0.2, 0.25) is 5.95 Å². The topological polar surface area (TPSA) is 93.9 Å². The number of anilines is 3. The molecule has 9 nitrogen and oxygen atoms in total. The predicted octanol–water partition coefficient (Wildman–Crippen LogP) is 5.14. The predicted molar refractivity (Wildman–Crippen MR) is 139 cm³/mol. The average molecular weight is 479 g/mol. The Kier molecular flexibility index (Phi) is 4.77. The molecule has 3 aromatic heterocycles. The Morgan fingerprint density at radius 2 is 1.94 bits per heavy atom. The van der Waals surface area contributed by atoms with E-state index >= 15 is 0 Å². The maximum atomic E-state index is 6.17. The van der Waals surface area contributed by atoms with Gasteiger partial charge < -0.3 is 19.5 Å². The summed E-state index contributed by atoms with van der Waals surface area (Å²) in [5.41, 5.74) is 5.34. The van der Waals surface area contributed by atoms with Crippen LogP contribution in [0.25, 0.3) is 22.1 Å². The van der Waals surface area contributed by atoms with Crippen LogP contribution in [0.5, 0.6) is 11.5 Å². The van der Waals surface area contributed by atoms with Gasteiger partial charge in [0.05, 0.1) is 23.6 Å². The van der Waals surface area contributed by atoms with Crippen LogP contribution in [0.3, 0.4) is 0 Å². The summed E-state index contributed by atoms with van der Waals surface area (Å²) in [7, 11) is 1.98. The highest BCUT2D eigenvalue weighted by molar-refractivity contribution is 5.87. The van der Waals surface area contributed by atoms with Crippen LogP contribution in [0.1, 0.15) is 24.8 Å². The fourth-order valence-corrected chi connectivity index (χ4v) is 5.53. The number of nitrogens with zero attached hydrogens (tertiary/aromatic N) is 7. The van der Waals surface area contributed by atoms with Gasteiger partial charge in [0.25, 0.3) is 0 Å². The fraction of sp³-hybridized carbons (Fsp3) is 0.296. The molecule has 0 unspecified atom stereocenters. The molecule has 4 heterocycles. The first-order valence-electron chi connectivity index (χ1n) is 12.3. The van der Waals surface area contributed by atoms with Crippen LogP contribution >= 0.6 is 0 Å². The van der Waals surface area contributed by atoms with Gasteiger partial charge in [-0.3, -0.25) is 0 Å². The number of nitrogens with one attached hydrogen (secondary N) is 1. The summed E-state index contributed by atoms with van der Waals surface area (Å²) in [6.45, 7) is 3.07. The van der Waals surface area contributed by atoms with Crippen LogP contribution < -0.4 is 15.0 Å². The van der Waals surface area contributed by atoms with E-state index in [2.05, 4.69) is 30.2 Å². The van der Waals surface area contributed by atoms with Crippen molar-refractivity contribution in [1.82, 2.24) is 29.5 Å². The maximum Gasteiger partial charge on any atom is 0.226 e. The fourth-order valence-electron chi connectivity index (χ4n) is 5.53. The standard InChI is InChI=1S/C27H26N8O/c1-16-9-18(4-8-24(16)36-20-6-7-23-21(11-20)31-15-34(23)2)32-26-25-22(29-14-30-26)12-28-27(33-25)35-13-17-3-5-19(35)10-17/h4,6-9,11-12,14-15,17,19H,3,5,10,13H2,1-2H3,(H,29,30,32)/t17-,19+/m0/s1. The van der Waals surface area contributed by atoms with E-state index in [9.17, 15) is 0 Å². The van der Waals surface area contributed by atoms with Crippen molar-refractivity contribution >= 4 is 39.5 Å². The average Bonchev–Trinajstić information content (AvgIpc) is 3.62. The number of aryl methyl sites for hydroxylation is 2. The molecule has 9 heteroatoms. The lowest BCUT2D eigenvalue weighted by molar-refractivity contribution is 0.479. The first kappa shape index (κ1) is 21.0. The van der Waals surface area contributed by atoms with Crippen molar-refractivity contribution in [3.05, 3.63) is 60.8 Å². The molecule has 1 saturated carbocycles. The molecule has 7 rings (SSSR count). The monoisotopic (exact) mass is 478 g/mol. The molecule has 1 N–H and O–H groups in total. The highest BCUT2D eigenvalue weighted by atomic mass is 16.5. The minimum atomic E-state index is 0.557. The zero-order chi connectivity index (χ0) is 24.2. The molecule has 180 valence electrons. The lowest BCUT2D eigenvalue weighted by Gasteiger charge is -2.26. The van der Waals surface area contributed by atoms with Crippen LogP contribution in [0.2, 0.25) is 0 Å². The second kappa shape index (κ2) is 8.15. The molecule has 5 aromatic rings. The van der Waals surface area contributed by atoms with Crippen molar-refractivity contribution in [3.8, 4) is 11.5 Å². The summed E-state index contributed by atoms with van der Waals surface area (Å²) in [4.78, 5) is 25.2. The molecule has 36 heavy (non-hydrogen) atoms. The van der Waals surface area contributed by atoms with Gasteiger partial charge in [-0.2, -0.15) is 0 Å². The van der Waals surface area contributed by atoms with Gasteiger partial charge in [-0.25, -0.2) is 24.9 Å². The molecule has 2 fully saturated rings. The van der Waals surface area contributed by atoms with E-state index in [0.717, 1.165) is 63.2 Å². The molecule has 0 amide bonds. The maximum absolute atomic E-state index is 6.17. The first-order valence-corrected chi connectivity index (χ1v) is 12.3. The van der Waals surface area contributed by atoms with E-state index < -0.39 is 0 Å². The number of piperidine rings is 1. The van der Waals surface area contributed by atoms with Crippen molar-refractivity contribution in [2.75, 3.05) is 16.8 Å². The van der Waals surface area contributed by atoms with Gasteiger partial charge in [-0.15, -0.1) is 0 Å². The number of hydrogen-bond donors (Lipinski definition) is 1. The minimum Gasteiger partial charge on any atom is -0.457 e. The van der Waals surface area contributed by atoms with Crippen LogP contribution in [0, 0.1) is 12.8 Å². The number of imidazole rings is 1. The van der Waals surface area contributed by atoms with Crippen LogP contribution in [-0.4, -0.2) is 42.1 Å². The summed E-state index contributed by atoms with van der Waals surface area (Å²) in [6.07, 6.45) is 8.95. The Morgan fingerprint density at radius 3 is 2.78 bits per heavy atom. The zero-order valence-electron chi connectivity index (χ0n) is 20.2.